The molecular weight excluding hydrogens is 334 g/mol. The molecule has 1 aliphatic heterocycles. The van der Waals surface area contributed by atoms with Crippen molar-refractivity contribution < 1.29 is 29.0 Å². The van der Waals surface area contributed by atoms with Crippen molar-refractivity contribution in [1.82, 2.24) is 4.90 Å². The Morgan fingerprint density at radius 2 is 2.08 bits per heavy atom. The minimum Gasteiger partial charge on any atom is -0.490 e. The predicted molar refractivity (Wildman–Crippen MR) is 89.1 cm³/mol. The number of thioether (sulfide) groups is 1. The van der Waals surface area contributed by atoms with E-state index in [9.17, 15) is 14.4 Å². The molecule has 1 fully saturated rings. The lowest BCUT2D eigenvalue weighted by molar-refractivity contribution is -0.144. The van der Waals surface area contributed by atoms with E-state index >= 15 is 0 Å². The zero-order chi connectivity index (χ0) is 17.9. The van der Waals surface area contributed by atoms with Crippen LogP contribution in [-0.2, 0) is 9.59 Å². The molecular formula is C16H17NO6S. The van der Waals surface area contributed by atoms with Crippen LogP contribution in [0.2, 0.25) is 0 Å². The molecule has 0 radical (unpaired) electrons. The Balaban J connectivity index is 2.30. The number of rotatable bonds is 6. The SMILES string of the molecule is CCOc1cc(C=C2SC(=O)N(C)C2=O)ccc1OC(C)C(=O)O. The van der Waals surface area contributed by atoms with E-state index in [2.05, 4.69) is 0 Å². The number of nitrogens with zero attached hydrogens (tertiary/aromatic N) is 1. The first-order valence-electron chi connectivity index (χ1n) is 7.21. The molecule has 1 saturated heterocycles. The molecule has 1 atom stereocenters. The van der Waals surface area contributed by atoms with Crippen molar-refractivity contribution in [2.75, 3.05) is 13.7 Å². The quantitative estimate of drug-likeness (QED) is 0.787. The first-order valence-corrected chi connectivity index (χ1v) is 8.03. The molecule has 0 spiro atoms. The van der Waals surface area contributed by atoms with E-state index in [1.165, 1.54) is 14.0 Å². The lowest BCUT2D eigenvalue weighted by Gasteiger charge is -2.15. The van der Waals surface area contributed by atoms with Gasteiger partial charge in [-0.1, -0.05) is 6.07 Å². The molecule has 128 valence electrons. The van der Waals surface area contributed by atoms with Crippen molar-refractivity contribution in [3.63, 3.8) is 0 Å². The van der Waals surface area contributed by atoms with E-state index in [0.717, 1.165) is 16.7 Å². The molecule has 0 saturated carbocycles. The number of amides is 2. The Bertz CT molecular complexity index is 715. The molecule has 1 aromatic rings. The number of carboxylic acid groups (broad SMARTS) is 1. The number of ether oxygens (including phenoxy) is 2. The number of imide groups is 1. The summed E-state index contributed by atoms with van der Waals surface area (Å²) in [4.78, 5) is 35.7. The largest absolute Gasteiger partial charge is 0.490 e. The van der Waals surface area contributed by atoms with Crippen LogP contribution in [0.25, 0.3) is 6.08 Å². The van der Waals surface area contributed by atoms with Crippen molar-refractivity contribution in [3.05, 3.63) is 28.7 Å². The van der Waals surface area contributed by atoms with E-state index < -0.39 is 12.1 Å². The molecule has 1 aliphatic rings. The molecule has 1 unspecified atom stereocenters. The van der Waals surface area contributed by atoms with Crippen LogP contribution in [0.3, 0.4) is 0 Å². The molecule has 7 nitrogen and oxygen atoms in total. The summed E-state index contributed by atoms with van der Waals surface area (Å²) in [6.45, 7) is 3.58. The van der Waals surface area contributed by atoms with Crippen molar-refractivity contribution in [2.45, 2.75) is 20.0 Å². The number of carbonyl (C=O) groups is 3. The van der Waals surface area contributed by atoms with Gasteiger partial charge in [0.2, 0.25) is 0 Å². The molecule has 1 heterocycles. The van der Waals surface area contributed by atoms with Gasteiger partial charge < -0.3 is 14.6 Å². The summed E-state index contributed by atoms with van der Waals surface area (Å²) in [5.41, 5.74) is 0.646. The first-order chi connectivity index (χ1) is 11.3. The van der Waals surface area contributed by atoms with E-state index in [1.807, 2.05) is 0 Å². The number of hydrogen-bond acceptors (Lipinski definition) is 6. The summed E-state index contributed by atoms with van der Waals surface area (Å²) in [5, 5.41) is 8.61. The summed E-state index contributed by atoms with van der Waals surface area (Å²) in [5.74, 6) is -0.775. The number of aliphatic carboxylic acids is 1. The van der Waals surface area contributed by atoms with Crippen LogP contribution in [0.5, 0.6) is 11.5 Å². The third-order valence-electron chi connectivity index (χ3n) is 3.20. The van der Waals surface area contributed by atoms with Crippen molar-refractivity contribution >= 4 is 35.0 Å². The zero-order valence-corrected chi connectivity index (χ0v) is 14.3. The number of carbonyl (C=O) groups excluding carboxylic acids is 2. The van der Waals surface area contributed by atoms with Crippen molar-refractivity contribution in [3.8, 4) is 11.5 Å². The molecule has 0 bridgehead atoms. The maximum Gasteiger partial charge on any atom is 0.344 e. The van der Waals surface area contributed by atoms with Gasteiger partial charge in [0.15, 0.2) is 17.6 Å². The second-order valence-electron chi connectivity index (χ2n) is 4.98. The third-order valence-corrected chi connectivity index (χ3v) is 4.16. The molecule has 24 heavy (non-hydrogen) atoms. The van der Waals surface area contributed by atoms with Gasteiger partial charge in [-0.2, -0.15) is 0 Å². The normalized spacial score (nSPS) is 17.3. The van der Waals surface area contributed by atoms with Gasteiger partial charge in [0.25, 0.3) is 11.1 Å². The Morgan fingerprint density at radius 3 is 2.62 bits per heavy atom. The number of likely N-dealkylation sites (N-methyl/N-ethyl adjacent to an activating group) is 1. The Morgan fingerprint density at radius 1 is 1.38 bits per heavy atom. The monoisotopic (exact) mass is 351 g/mol. The van der Waals surface area contributed by atoms with Crippen molar-refractivity contribution in [2.24, 2.45) is 0 Å². The van der Waals surface area contributed by atoms with Crippen LogP contribution in [0.4, 0.5) is 4.79 Å². The van der Waals surface area contributed by atoms with Gasteiger partial charge in [0.05, 0.1) is 11.5 Å². The second kappa shape index (κ2) is 7.39. The highest BCUT2D eigenvalue weighted by Gasteiger charge is 2.31. The van der Waals surface area contributed by atoms with Crippen LogP contribution < -0.4 is 9.47 Å². The molecule has 2 amide bonds. The van der Waals surface area contributed by atoms with Crippen LogP contribution in [0.1, 0.15) is 19.4 Å². The van der Waals surface area contributed by atoms with Gasteiger partial charge in [-0.3, -0.25) is 14.5 Å². The average Bonchev–Trinajstić information content (AvgIpc) is 2.77. The first kappa shape index (κ1) is 17.9. The molecule has 8 heteroatoms. The summed E-state index contributed by atoms with van der Waals surface area (Å²) >= 11 is 0.863. The third kappa shape index (κ3) is 3.88. The Labute approximate surface area is 143 Å². The molecule has 1 N–H and O–H groups in total. The summed E-state index contributed by atoms with van der Waals surface area (Å²) in [6.07, 6.45) is 0.563. The van der Waals surface area contributed by atoms with E-state index in [-0.39, 0.29) is 11.1 Å². The summed E-state index contributed by atoms with van der Waals surface area (Å²) in [6, 6.07) is 4.87. The number of carboxylic acids is 1. The predicted octanol–water partition coefficient (Wildman–Crippen LogP) is 2.60. The lowest BCUT2D eigenvalue weighted by atomic mass is 10.2. The van der Waals surface area contributed by atoms with Crippen LogP contribution in [0.15, 0.2) is 23.1 Å². The highest BCUT2D eigenvalue weighted by Crippen LogP contribution is 2.34. The molecule has 0 aliphatic carbocycles. The fourth-order valence-corrected chi connectivity index (χ4v) is 2.75. The van der Waals surface area contributed by atoms with E-state index in [4.69, 9.17) is 14.6 Å². The van der Waals surface area contributed by atoms with Gasteiger partial charge in [0, 0.05) is 7.05 Å². The fourth-order valence-electron chi connectivity index (χ4n) is 1.92. The van der Waals surface area contributed by atoms with Crippen LogP contribution in [0, 0.1) is 0 Å². The van der Waals surface area contributed by atoms with Gasteiger partial charge in [-0.05, 0) is 49.4 Å². The topological polar surface area (TPSA) is 93.1 Å². The number of benzene rings is 1. The minimum absolute atomic E-state index is 0.299. The van der Waals surface area contributed by atoms with Gasteiger partial charge >= 0.3 is 5.97 Å². The van der Waals surface area contributed by atoms with Crippen LogP contribution >= 0.6 is 11.8 Å². The fraction of sp³-hybridized carbons (Fsp3) is 0.312. The van der Waals surface area contributed by atoms with Gasteiger partial charge in [-0.15, -0.1) is 0 Å². The highest BCUT2D eigenvalue weighted by molar-refractivity contribution is 8.18. The average molecular weight is 351 g/mol. The summed E-state index contributed by atoms with van der Waals surface area (Å²) < 4.78 is 10.8. The van der Waals surface area contributed by atoms with Crippen LogP contribution in [-0.4, -0.2) is 46.9 Å². The maximum absolute atomic E-state index is 11.9. The summed E-state index contributed by atoms with van der Waals surface area (Å²) in [7, 11) is 1.42. The smallest absolute Gasteiger partial charge is 0.344 e. The maximum atomic E-state index is 11.9. The standard InChI is InChI=1S/C16H17NO6S/c1-4-22-12-7-10(5-6-11(12)23-9(2)15(19)20)8-13-14(18)17(3)16(21)24-13/h5-9H,4H2,1-3H3,(H,19,20). The van der Waals surface area contributed by atoms with Gasteiger partial charge in [-0.25, -0.2) is 4.79 Å². The molecule has 0 aromatic heterocycles. The van der Waals surface area contributed by atoms with Gasteiger partial charge in [0.1, 0.15) is 0 Å². The molecule has 1 aromatic carbocycles. The number of hydrogen-bond donors (Lipinski definition) is 1. The van der Waals surface area contributed by atoms with E-state index in [0.29, 0.717) is 28.6 Å². The van der Waals surface area contributed by atoms with E-state index in [1.54, 1.807) is 31.2 Å². The second-order valence-corrected chi connectivity index (χ2v) is 5.97. The Hall–Kier alpha value is -2.48. The van der Waals surface area contributed by atoms with Crippen molar-refractivity contribution in [1.29, 1.82) is 0 Å². The lowest BCUT2D eigenvalue weighted by Crippen LogP contribution is -2.23. The minimum atomic E-state index is -1.09. The Kier molecular flexibility index (Phi) is 5.50. The molecule has 2 rings (SSSR count). The zero-order valence-electron chi connectivity index (χ0n) is 13.4. The highest BCUT2D eigenvalue weighted by atomic mass is 32.2.